The van der Waals surface area contributed by atoms with Crippen molar-refractivity contribution in [1.29, 1.82) is 0 Å². The van der Waals surface area contributed by atoms with Crippen molar-refractivity contribution >= 4 is 17.7 Å². The Bertz CT molecular complexity index is 1680. The Kier molecular flexibility index (Phi) is 9.98. The molecule has 0 radical (unpaired) electrons. The third kappa shape index (κ3) is 6.80. The van der Waals surface area contributed by atoms with Crippen LogP contribution >= 0.6 is 0 Å². The number of nitrogens with zero attached hydrogens (tertiary/aromatic N) is 1. The molecular weight excluding hydrogens is 642 g/mol. The molecule has 5 aliphatic rings. The van der Waals surface area contributed by atoms with Crippen molar-refractivity contribution in [1.82, 2.24) is 0 Å². The maximum absolute atomic E-state index is 13.4. The summed E-state index contributed by atoms with van der Waals surface area (Å²) in [7, 11) is 1.61. The summed E-state index contributed by atoms with van der Waals surface area (Å²) in [5.74, 6) is 4.17. The van der Waals surface area contributed by atoms with E-state index >= 15 is 0 Å². The summed E-state index contributed by atoms with van der Waals surface area (Å²) in [6, 6.07) is 12.1. The quantitative estimate of drug-likeness (QED) is 0.139. The van der Waals surface area contributed by atoms with E-state index < -0.39 is 5.97 Å². The van der Waals surface area contributed by atoms with Crippen molar-refractivity contribution in [3.8, 4) is 17.2 Å². The predicted octanol–water partition coefficient (Wildman–Crippen LogP) is 9.81. The fourth-order valence-corrected chi connectivity index (χ4v) is 10.7. The minimum atomic E-state index is -0.513. The molecule has 0 amide bonds. The van der Waals surface area contributed by atoms with Crippen LogP contribution in [0.25, 0.3) is 0 Å². The second-order valence-corrected chi connectivity index (χ2v) is 16.8. The fourth-order valence-electron chi connectivity index (χ4n) is 10.7. The molecule has 1 heterocycles. The molecule has 0 aromatic heterocycles. The molecule has 8 nitrogen and oxygen atoms in total. The van der Waals surface area contributed by atoms with Crippen LogP contribution in [0.2, 0.25) is 0 Å². The topological polar surface area (TPSA) is 92.7 Å². The standard InChI is InChI=1S/C43H55NO7/c1-26(2)8-7-9-27(3)33-15-16-34-39-35(19-21-43(33,34)5)42(4)20-18-32(50-40(45)28-10-13-31(47-6)14-11-28)23-30(42)24-36(39)44-51-41(46)29-12-17-37-38(22-29)49-25-48-37/h10-14,17,22,24,26-27,32-35,39H,7-9,15-16,18-21,23,25H2,1-6H3/b44-36+/t27-,32+,33-,34+,35+,39+,42+,43-/m1/s1. The number of methoxy groups -OCH3 is 1. The van der Waals surface area contributed by atoms with E-state index in [4.69, 9.17) is 28.9 Å². The summed E-state index contributed by atoms with van der Waals surface area (Å²) in [6.07, 6.45) is 13.0. The third-order valence-electron chi connectivity index (χ3n) is 13.6. The van der Waals surface area contributed by atoms with Gasteiger partial charge < -0.3 is 23.8 Å². The summed E-state index contributed by atoms with van der Waals surface area (Å²) < 4.78 is 22.3. The summed E-state index contributed by atoms with van der Waals surface area (Å²) >= 11 is 0. The lowest BCUT2D eigenvalue weighted by Crippen LogP contribution is -2.54. The van der Waals surface area contributed by atoms with E-state index in [9.17, 15) is 9.59 Å². The lowest BCUT2D eigenvalue weighted by atomic mass is 9.46. The number of allylic oxidation sites excluding steroid dienone is 1. The largest absolute Gasteiger partial charge is 0.497 e. The zero-order valence-corrected chi connectivity index (χ0v) is 31.2. The second kappa shape index (κ2) is 14.3. The zero-order valence-electron chi connectivity index (χ0n) is 31.2. The highest BCUT2D eigenvalue weighted by Gasteiger charge is 2.61. The van der Waals surface area contributed by atoms with Crippen LogP contribution in [0, 0.1) is 46.3 Å². The first-order valence-electron chi connectivity index (χ1n) is 19.2. The molecule has 2 aromatic rings. The average molecular weight is 698 g/mol. The van der Waals surface area contributed by atoms with Crippen molar-refractivity contribution in [2.45, 2.75) is 105 Å². The van der Waals surface area contributed by atoms with Gasteiger partial charge in [0.15, 0.2) is 11.5 Å². The number of ether oxygens (including phenoxy) is 4. The molecule has 0 N–H and O–H groups in total. The number of rotatable bonds is 10. The molecule has 3 saturated carbocycles. The Balaban J connectivity index is 1.16. The number of carbonyl (C=O) groups is 2. The Hall–Kier alpha value is -3.81. The van der Waals surface area contributed by atoms with Gasteiger partial charge in [0.25, 0.3) is 0 Å². The first kappa shape index (κ1) is 35.6. The lowest BCUT2D eigenvalue weighted by molar-refractivity contribution is -0.0354. The number of esters is 1. The average Bonchev–Trinajstić information content (AvgIpc) is 3.74. The minimum Gasteiger partial charge on any atom is -0.497 e. The molecule has 7 rings (SSSR count). The van der Waals surface area contributed by atoms with E-state index in [2.05, 4.69) is 40.7 Å². The van der Waals surface area contributed by atoms with Gasteiger partial charge in [0, 0.05) is 12.3 Å². The third-order valence-corrected chi connectivity index (χ3v) is 13.6. The molecule has 274 valence electrons. The van der Waals surface area contributed by atoms with Crippen molar-refractivity contribution in [3.63, 3.8) is 0 Å². The van der Waals surface area contributed by atoms with Crippen molar-refractivity contribution in [2.24, 2.45) is 51.5 Å². The van der Waals surface area contributed by atoms with Crippen LogP contribution in [0.3, 0.4) is 0 Å². The van der Waals surface area contributed by atoms with Gasteiger partial charge >= 0.3 is 11.9 Å². The molecule has 0 spiro atoms. The minimum absolute atomic E-state index is 0.0314. The van der Waals surface area contributed by atoms with Gasteiger partial charge in [-0.1, -0.05) is 64.6 Å². The first-order chi connectivity index (χ1) is 24.5. The van der Waals surface area contributed by atoms with Crippen LogP contribution in [-0.2, 0) is 9.57 Å². The monoisotopic (exact) mass is 697 g/mol. The molecule has 0 saturated heterocycles. The molecule has 1 aliphatic heterocycles. The van der Waals surface area contributed by atoms with Gasteiger partial charge in [0.05, 0.1) is 23.9 Å². The molecular formula is C43H55NO7. The summed E-state index contributed by atoms with van der Waals surface area (Å²) in [5, 5.41) is 4.74. The van der Waals surface area contributed by atoms with E-state index in [0.29, 0.717) is 58.5 Å². The molecule has 2 aromatic carbocycles. The molecule has 8 heteroatoms. The van der Waals surface area contributed by atoms with Crippen LogP contribution in [0.5, 0.6) is 17.2 Å². The molecule has 51 heavy (non-hydrogen) atoms. The van der Waals surface area contributed by atoms with E-state index in [1.54, 1.807) is 49.6 Å². The normalized spacial score (nSPS) is 32.0. The van der Waals surface area contributed by atoms with E-state index in [-0.39, 0.29) is 35.6 Å². The van der Waals surface area contributed by atoms with Crippen LogP contribution in [0.4, 0.5) is 0 Å². The summed E-state index contributed by atoms with van der Waals surface area (Å²) in [4.78, 5) is 32.4. The molecule has 3 fully saturated rings. The number of carbonyl (C=O) groups excluding carboxylic acids is 2. The van der Waals surface area contributed by atoms with E-state index in [0.717, 1.165) is 30.9 Å². The van der Waals surface area contributed by atoms with Gasteiger partial charge in [0.2, 0.25) is 6.79 Å². The maximum Gasteiger partial charge on any atom is 0.365 e. The van der Waals surface area contributed by atoms with Gasteiger partial charge in [-0.05, 0) is 127 Å². The predicted molar refractivity (Wildman–Crippen MR) is 196 cm³/mol. The SMILES string of the molecule is COc1ccc(C(=O)O[C@H]2CC[C@@]3(C)C(=C/C(=N\OC(=O)c4ccc5c(c4)OCO5)[C@H]4[C@@H]5CC[C@H]([C@H](C)CCCC(C)C)[C@@]5(C)CC[C@@H]43)C2)cc1. The zero-order chi connectivity index (χ0) is 35.9. The first-order valence-corrected chi connectivity index (χ1v) is 19.2. The van der Waals surface area contributed by atoms with Crippen LogP contribution in [0.1, 0.15) is 120 Å². The van der Waals surface area contributed by atoms with Crippen molar-refractivity contribution < 1.29 is 33.4 Å². The van der Waals surface area contributed by atoms with E-state index in [1.807, 2.05) is 0 Å². The molecule has 0 unspecified atom stereocenters. The fraction of sp³-hybridized carbons (Fsp3) is 0.605. The molecule has 4 aliphatic carbocycles. The Labute approximate surface area is 303 Å². The van der Waals surface area contributed by atoms with Crippen LogP contribution in [0.15, 0.2) is 59.3 Å². The highest BCUT2D eigenvalue weighted by atomic mass is 16.7. The van der Waals surface area contributed by atoms with Gasteiger partial charge in [-0.15, -0.1) is 0 Å². The van der Waals surface area contributed by atoms with Crippen LogP contribution in [-0.4, -0.2) is 37.7 Å². The molecule has 0 bridgehead atoms. The van der Waals surface area contributed by atoms with Crippen molar-refractivity contribution in [3.05, 3.63) is 65.2 Å². The number of hydrogen-bond donors (Lipinski definition) is 0. The van der Waals surface area contributed by atoms with Gasteiger partial charge in [-0.25, -0.2) is 9.59 Å². The highest BCUT2D eigenvalue weighted by Crippen LogP contribution is 2.67. The molecule has 8 atom stereocenters. The van der Waals surface area contributed by atoms with Crippen LogP contribution < -0.4 is 14.2 Å². The smallest absolute Gasteiger partial charge is 0.365 e. The number of benzene rings is 2. The number of oxime groups is 1. The highest BCUT2D eigenvalue weighted by molar-refractivity contribution is 6.00. The second-order valence-electron chi connectivity index (χ2n) is 16.8. The number of hydrogen-bond acceptors (Lipinski definition) is 8. The van der Waals surface area contributed by atoms with E-state index in [1.165, 1.54) is 44.1 Å². The van der Waals surface area contributed by atoms with Gasteiger partial charge in [-0.2, -0.15) is 0 Å². The number of fused-ring (bicyclic) bond motifs is 6. The van der Waals surface area contributed by atoms with Gasteiger partial charge in [-0.3, -0.25) is 0 Å². The Morgan fingerprint density at radius 1 is 0.882 bits per heavy atom. The lowest BCUT2D eigenvalue weighted by Gasteiger charge is -2.58. The summed E-state index contributed by atoms with van der Waals surface area (Å²) in [5.41, 5.74) is 3.19. The summed E-state index contributed by atoms with van der Waals surface area (Å²) in [6.45, 7) is 12.3. The maximum atomic E-state index is 13.4. The Morgan fingerprint density at radius 2 is 1.65 bits per heavy atom. The van der Waals surface area contributed by atoms with Crippen molar-refractivity contribution in [2.75, 3.05) is 13.9 Å². The Morgan fingerprint density at radius 3 is 2.41 bits per heavy atom. The van der Waals surface area contributed by atoms with Gasteiger partial charge in [0.1, 0.15) is 11.9 Å².